The smallest absolute Gasteiger partial charge is 0.223 e. The average molecular weight is 1710 g/mol. The van der Waals surface area contributed by atoms with E-state index in [4.69, 9.17) is 91.7 Å². The summed E-state index contributed by atoms with van der Waals surface area (Å²) in [5.41, 5.74) is 88.9. The fraction of sp³-hybridized carbons (Fsp3) is 0.718. The van der Waals surface area contributed by atoms with Crippen molar-refractivity contribution in [1.29, 1.82) is 0 Å². The first-order chi connectivity index (χ1) is 57.2. The maximum atomic E-state index is 14.6. The van der Waals surface area contributed by atoms with Gasteiger partial charge in [0.1, 0.15) is 28.9 Å². The Bertz CT molecular complexity index is 3510. The SMILES string of the molecule is CCC(CCCN=C(N)N)C(=O)NCC(=O)CC(CCCN=C(N)N)C(=O)CC(CCCN=C(N)N)C(=O)NCC(=O)CC(CCCN=C(N)N)C(=O)CC(CCCN=C(N)N)C(=O)NCC(=O)CC(CCCN=C(N)N)C(=O)CC(CCCN=C(N)N)C(=O)NCC(=O)CC(CCCN=C(N)N)C(=O)NCCCCCC(=O)CCCC(=O)C(C)C. The van der Waals surface area contributed by atoms with Crippen molar-refractivity contribution in [2.45, 2.75) is 220 Å². The molecule has 0 spiro atoms. The molecule has 5 amide bonds. The van der Waals surface area contributed by atoms with Gasteiger partial charge in [0.2, 0.25) is 29.5 Å². The average Bonchev–Trinajstić information content (AvgIpc) is 0.882. The number of carbonyl (C=O) groups excluding carboxylic acids is 14. The molecule has 0 saturated carbocycles. The summed E-state index contributed by atoms with van der Waals surface area (Å²) in [6, 6.07) is 0. The minimum atomic E-state index is -1.16. The van der Waals surface area contributed by atoms with Crippen LogP contribution in [-0.2, 0) is 67.1 Å². The highest BCUT2D eigenvalue weighted by atomic mass is 16.2. The van der Waals surface area contributed by atoms with Gasteiger partial charge in [0.25, 0.3) is 0 Å². The minimum absolute atomic E-state index is 0.0134. The molecule has 684 valence electrons. The van der Waals surface area contributed by atoms with Gasteiger partial charge in [-0.05, 0) is 128 Å². The molecule has 8 unspecified atom stereocenters. The van der Waals surface area contributed by atoms with Crippen molar-refractivity contribution in [3.63, 3.8) is 0 Å². The van der Waals surface area contributed by atoms with E-state index in [1.807, 2.05) is 20.8 Å². The Balaban J connectivity index is 6.90. The van der Waals surface area contributed by atoms with Crippen LogP contribution < -0.4 is 118 Å². The van der Waals surface area contributed by atoms with Gasteiger partial charge in [-0.25, -0.2) is 0 Å². The molecule has 121 heavy (non-hydrogen) atoms. The second-order valence-electron chi connectivity index (χ2n) is 30.5. The summed E-state index contributed by atoms with van der Waals surface area (Å²) in [5, 5.41) is 13.4. The molecule has 43 heteroatoms. The van der Waals surface area contributed by atoms with Crippen molar-refractivity contribution in [2.75, 3.05) is 85.1 Å². The second kappa shape index (κ2) is 65.4. The molecule has 0 radical (unpaired) electrons. The van der Waals surface area contributed by atoms with Crippen LogP contribution in [0.5, 0.6) is 0 Å². The number of unbranched alkanes of at least 4 members (excludes halogenated alkanes) is 2. The lowest BCUT2D eigenvalue weighted by atomic mass is 9.85. The predicted molar refractivity (Wildman–Crippen MR) is 467 cm³/mol. The van der Waals surface area contributed by atoms with Gasteiger partial charge < -0.3 is 118 Å². The lowest BCUT2D eigenvalue weighted by molar-refractivity contribution is -0.135. The minimum Gasteiger partial charge on any atom is -0.370 e. The van der Waals surface area contributed by atoms with E-state index in [1.54, 1.807) is 0 Å². The Hall–Kier alpha value is -11.5. The molecule has 0 aliphatic rings. The highest BCUT2D eigenvalue weighted by molar-refractivity contribution is 5.98. The summed E-state index contributed by atoms with van der Waals surface area (Å²) in [6.45, 7) is 4.41. The van der Waals surface area contributed by atoms with Crippen LogP contribution in [0.3, 0.4) is 0 Å². The van der Waals surface area contributed by atoms with Gasteiger partial charge in [0.05, 0.1) is 26.2 Å². The Morgan fingerprint density at radius 1 is 0.231 bits per heavy atom. The first-order valence-corrected chi connectivity index (χ1v) is 41.8. The lowest BCUT2D eigenvalue weighted by Crippen LogP contribution is -2.39. The van der Waals surface area contributed by atoms with Crippen molar-refractivity contribution in [3.05, 3.63) is 0 Å². The first kappa shape index (κ1) is 110. The zero-order valence-electron chi connectivity index (χ0n) is 71.3. The number of aliphatic imine (C=N–C) groups is 8. The Morgan fingerprint density at radius 3 is 0.711 bits per heavy atom. The van der Waals surface area contributed by atoms with Crippen LogP contribution in [-0.4, -0.2) is 214 Å². The largest absolute Gasteiger partial charge is 0.370 e. The number of hydrogen-bond donors (Lipinski definition) is 21. The zero-order valence-corrected chi connectivity index (χ0v) is 71.3. The third-order valence-corrected chi connectivity index (χ3v) is 19.8. The second-order valence-corrected chi connectivity index (χ2v) is 30.5. The Morgan fingerprint density at radius 2 is 0.455 bits per heavy atom. The molecule has 0 bridgehead atoms. The molecule has 0 heterocycles. The molecule has 0 aromatic rings. The summed E-state index contributed by atoms with van der Waals surface area (Å²) < 4.78 is 0. The van der Waals surface area contributed by atoms with Crippen LogP contribution in [0.2, 0.25) is 0 Å². The van der Waals surface area contributed by atoms with E-state index in [-0.39, 0.29) is 226 Å². The quantitative estimate of drug-likeness (QED) is 0.0160. The molecule has 0 aromatic heterocycles. The molecule has 0 aliphatic heterocycles. The highest BCUT2D eigenvalue weighted by Crippen LogP contribution is 2.26. The monoisotopic (exact) mass is 1710 g/mol. The van der Waals surface area contributed by atoms with Crippen LogP contribution >= 0.6 is 0 Å². The third kappa shape index (κ3) is 58.2. The summed E-state index contributed by atoms with van der Waals surface area (Å²) in [4.78, 5) is 225. The van der Waals surface area contributed by atoms with Gasteiger partial charge in [-0.2, -0.15) is 0 Å². The number of nitrogens with zero attached hydrogens (tertiary/aromatic N) is 8. The maximum Gasteiger partial charge on any atom is 0.223 e. The van der Waals surface area contributed by atoms with Gasteiger partial charge in [-0.1, -0.05) is 27.2 Å². The summed E-state index contributed by atoms with van der Waals surface area (Å²) in [6.07, 6.45) is 3.89. The number of hydrogen-bond acceptors (Lipinski definition) is 22. The van der Waals surface area contributed by atoms with E-state index >= 15 is 0 Å². The standard InChI is InChI=1S/C78H143N29O14/c1-4-49(17-9-29-96-71(79)80)66(117)104-44-58(109)37-50(18-10-30-97-72(81)82)63(114)41-54(22-14-34-101-76(89)90)68(119)105-45-59(110)38-51(19-11-31-98-73(83)84)64(115)42-55(23-15-35-102-77(91)92)69(120)106-46-60(111)39-52(20-12-32-99-74(85)86)65(116)43-56(24-16-36-103-78(93)94)70(121)107-47-61(112)40-53(21-13-33-100-75(87)88)67(118)95-28-7-5-6-25-57(108)26-8-27-62(113)48(2)3/h48-56H,4-47H2,1-3H3,(H,95,118)(H,104,117)(H,105,119)(H,106,120)(H,107,121)(H4,79,80,96)(H4,81,82,97)(H4,83,84,98)(H4,85,86,99)(H4,87,88,100)(H4,89,90,101)(H4,91,92,102)(H4,93,94,103). The predicted octanol–water partition coefficient (Wildman–Crippen LogP) is -3.42. The molecule has 37 N–H and O–H groups in total. The topological polar surface area (TPSA) is 814 Å². The fourth-order valence-electron chi connectivity index (χ4n) is 13.1. The summed E-state index contributed by atoms with van der Waals surface area (Å²) in [5.74, 6) is -16.0. The van der Waals surface area contributed by atoms with E-state index < -0.39 is 163 Å². The normalized spacial score (nSPS) is 12.9. The first-order valence-electron chi connectivity index (χ1n) is 41.8. The van der Waals surface area contributed by atoms with Gasteiger partial charge in [-0.15, -0.1) is 0 Å². The highest BCUT2D eigenvalue weighted by Gasteiger charge is 2.34. The van der Waals surface area contributed by atoms with Gasteiger partial charge in [-0.3, -0.25) is 107 Å². The number of Topliss-reactive ketones (excluding diaryl/α,β-unsaturated/α-hetero) is 9. The van der Waals surface area contributed by atoms with Gasteiger partial charge in [0.15, 0.2) is 70.8 Å². The number of amides is 5. The van der Waals surface area contributed by atoms with Crippen LogP contribution in [0, 0.1) is 53.3 Å². The number of rotatable bonds is 74. The molecule has 0 fully saturated rings. The van der Waals surface area contributed by atoms with Crippen LogP contribution in [0.4, 0.5) is 0 Å². The molecule has 43 nitrogen and oxygen atoms in total. The summed E-state index contributed by atoms with van der Waals surface area (Å²) in [7, 11) is 0. The van der Waals surface area contributed by atoms with Gasteiger partial charge >= 0.3 is 0 Å². The fourth-order valence-corrected chi connectivity index (χ4v) is 13.1. The van der Waals surface area contributed by atoms with Crippen molar-refractivity contribution >= 4 is 129 Å². The van der Waals surface area contributed by atoms with E-state index in [2.05, 4.69) is 66.5 Å². The third-order valence-electron chi connectivity index (χ3n) is 19.8. The molecule has 0 aliphatic carbocycles. The van der Waals surface area contributed by atoms with Crippen LogP contribution in [0.25, 0.3) is 0 Å². The number of carbonyl (C=O) groups is 14. The van der Waals surface area contributed by atoms with Crippen molar-refractivity contribution in [2.24, 2.45) is 185 Å². The molecular weight excluding hydrogens is 1570 g/mol. The molecule has 0 rings (SSSR count). The Kier molecular flexibility index (Phi) is 59.2. The van der Waals surface area contributed by atoms with E-state index in [1.165, 1.54) is 0 Å². The number of nitrogens with two attached hydrogens (primary N) is 16. The van der Waals surface area contributed by atoms with Crippen molar-refractivity contribution in [3.8, 4) is 0 Å². The Labute approximate surface area is 709 Å². The zero-order chi connectivity index (χ0) is 91.2. The van der Waals surface area contributed by atoms with Crippen molar-refractivity contribution in [1.82, 2.24) is 26.6 Å². The number of guanidine groups is 8. The number of nitrogens with one attached hydrogen (secondary N) is 5. The molecule has 0 saturated heterocycles. The molecule has 0 aromatic carbocycles. The van der Waals surface area contributed by atoms with E-state index in [9.17, 15) is 67.1 Å². The molecule has 8 atom stereocenters. The summed E-state index contributed by atoms with van der Waals surface area (Å²) >= 11 is 0. The van der Waals surface area contributed by atoms with Gasteiger partial charge in [0, 0.05) is 176 Å². The number of ketones is 9. The molecular formula is C78H143N29O14. The lowest BCUT2D eigenvalue weighted by Gasteiger charge is -2.22. The van der Waals surface area contributed by atoms with E-state index in [0.717, 1.165) is 0 Å². The van der Waals surface area contributed by atoms with Crippen molar-refractivity contribution < 1.29 is 67.1 Å². The van der Waals surface area contributed by atoms with Crippen LogP contribution in [0.15, 0.2) is 39.9 Å². The maximum absolute atomic E-state index is 14.6. The van der Waals surface area contributed by atoms with E-state index in [0.29, 0.717) is 77.2 Å². The van der Waals surface area contributed by atoms with Crippen LogP contribution in [0.1, 0.15) is 220 Å².